The van der Waals surface area contributed by atoms with E-state index in [-0.39, 0.29) is 13.4 Å². The molecule has 1 aliphatic heterocycles. The standard InChI is InChI=1S/C7H8O4/c1-2-7(8)11-6-3-9-5-10-4-6/h2-3H,1,4-5H2. The van der Waals surface area contributed by atoms with Gasteiger partial charge in [0.25, 0.3) is 0 Å². The van der Waals surface area contributed by atoms with E-state index in [1.165, 1.54) is 6.26 Å². The van der Waals surface area contributed by atoms with Gasteiger partial charge in [0.15, 0.2) is 12.6 Å². The van der Waals surface area contributed by atoms with Gasteiger partial charge in [-0.2, -0.15) is 0 Å². The highest BCUT2D eigenvalue weighted by atomic mass is 16.7. The first-order valence-electron chi connectivity index (χ1n) is 3.05. The van der Waals surface area contributed by atoms with Crippen LogP contribution in [0.5, 0.6) is 0 Å². The van der Waals surface area contributed by atoms with Crippen LogP contribution in [-0.4, -0.2) is 19.4 Å². The fraction of sp³-hybridized carbons (Fsp3) is 0.286. The lowest BCUT2D eigenvalue weighted by molar-refractivity contribution is -0.137. The Morgan fingerprint density at radius 3 is 3.18 bits per heavy atom. The van der Waals surface area contributed by atoms with E-state index in [0.29, 0.717) is 5.76 Å². The topological polar surface area (TPSA) is 44.8 Å². The predicted octanol–water partition coefficient (Wildman–Crippen LogP) is 0.561. The molecule has 0 bridgehead atoms. The van der Waals surface area contributed by atoms with Gasteiger partial charge < -0.3 is 14.2 Å². The first-order chi connectivity index (χ1) is 5.33. The van der Waals surface area contributed by atoms with Crippen LogP contribution in [0, 0.1) is 0 Å². The van der Waals surface area contributed by atoms with Crippen molar-refractivity contribution < 1.29 is 19.0 Å². The second kappa shape index (κ2) is 3.78. The van der Waals surface area contributed by atoms with Gasteiger partial charge in [0.1, 0.15) is 12.9 Å². The molecule has 1 heterocycles. The Kier molecular flexibility index (Phi) is 2.68. The van der Waals surface area contributed by atoms with E-state index in [1.54, 1.807) is 0 Å². The molecule has 1 rings (SSSR count). The molecule has 4 nitrogen and oxygen atoms in total. The Hall–Kier alpha value is -1.29. The zero-order chi connectivity index (χ0) is 8.10. The predicted molar refractivity (Wildman–Crippen MR) is 36.3 cm³/mol. The largest absolute Gasteiger partial charge is 0.472 e. The molecule has 4 heteroatoms. The maximum absolute atomic E-state index is 10.6. The van der Waals surface area contributed by atoms with Crippen LogP contribution in [0.15, 0.2) is 24.7 Å². The fourth-order valence-corrected chi connectivity index (χ4v) is 0.576. The molecule has 0 aromatic carbocycles. The van der Waals surface area contributed by atoms with Crippen LogP contribution in [0.1, 0.15) is 0 Å². The Bertz CT molecular complexity index is 195. The average Bonchev–Trinajstić information content (AvgIpc) is 2.06. The number of rotatable bonds is 2. The lowest BCUT2D eigenvalue weighted by Crippen LogP contribution is -2.12. The Balaban J connectivity index is 2.41. The Morgan fingerprint density at radius 1 is 1.82 bits per heavy atom. The molecule has 0 fully saturated rings. The van der Waals surface area contributed by atoms with Crippen LogP contribution < -0.4 is 0 Å². The summed E-state index contributed by atoms with van der Waals surface area (Å²) in [5.41, 5.74) is 0. The fourth-order valence-electron chi connectivity index (χ4n) is 0.576. The highest BCUT2D eigenvalue weighted by molar-refractivity contribution is 5.82. The van der Waals surface area contributed by atoms with Crippen molar-refractivity contribution in [3.05, 3.63) is 24.7 Å². The third kappa shape index (κ3) is 2.43. The molecule has 0 aliphatic carbocycles. The number of hydrogen-bond acceptors (Lipinski definition) is 4. The van der Waals surface area contributed by atoms with Crippen LogP contribution in [-0.2, 0) is 19.0 Å². The highest BCUT2D eigenvalue weighted by Crippen LogP contribution is 2.04. The van der Waals surface area contributed by atoms with E-state index in [1.807, 2.05) is 0 Å². The lowest BCUT2D eigenvalue weighted by atomic mass is 10.5. The summed E-state index contributed by atoms with van der Waals surface area (Å²) in [6.45, 7) is 3.71. The van der Waals surface area contributed by atoms with Crippen molar-refractivity contribution in [2.45, 2.75) is 0 Å². The molecule has 0 saturated carbocycles. The third-order valence-corrected chi connectivity index (χ3v) is 1.01. The molecule has 0 N–H and O–H groups in total. The molecular weight excluding hydrogens is 148 g/mol. The maximum Gasteiger partial charge on any atom is 0.335 e. The van der Waals surface area contributed by atoms with Crippen molar-refractivity contribution in [2.75, 3.05) is 13.4 Å². The molecule has 0 aromatic rings. The molecule has 0 spiro atoms. The average molecular weight is 156 g/mol. The van der Waals surface area contributed by atoms with Gasteiger partial charge in [-0.25, -0.2) is 4.79 Å². The Morgan fingerprint density at radius 2 is 2.64 bits per heavy atom. The number of carbonyl (C=O) groups is 1. The van der Waals surface area contributed by atoms with Crippen LogP contribution in [0.2, 0.25) is 0 Å². The highest BCUT2D eigenvalue weighted by Gasteiger charge is 2.07. The van der Waals surface area contributed by atoms with Crippen molar-refractivity contribution in [3.8, 4) is 0 Å². The minimum Gasteiger partial charge on any atom is -0.472 e. The summed E-state index contributed by atoms with van der Waals surface area (Å²) in [7, 11) is 0. The molecule has 0 atom stereocenters. The van der Waals surface area contributed by atoms with Gasteiger partial charge in [0.2, 0.25) is 0 Å². The molecule has 0 radical (unpaired) electrons. The van der Waals surface area contributed by atoms with Gasteiger partial charge in [-0.3, -0.25) is 0 Å². The summed E-state index contributed by atoms with van der Waals surface area (Å²) in [5, 5.41) is 0. The molecule has 0 unspecified atom stereocenters. The van der Waals surface area contributed by atoms with E-state index < -0.39 is 5.97 Å². The Labute approximate surface area is 64.0 Å². The summed E-state index contributed by atoms with van der Waals surface area (Å²) in [5.74, 6) is -0.147. The maximum atomic E-state index is 10.6. The lowest BCUT2D eigenvalue weighted by Gasteiger charge is -2.12. The van der Waals surface area contributed by atoms with Crippen LogP contribution in [0.3, 0.4) is 0 Å². The summed E-state index contributed by atoms with van der Waals surface area (Å²) in [4.78, 5) is 10.6. The summed E-state index contributed by atoms with van der Waals surface area (Å²) in [6, 6.07) is 0. The van der Waals surface area contributed by atoms with E-state index in [0.717, 1.165) is 6.08 Å². The molecule has 0 amide bonds. The molecular formula is C7H8O4. The summed E-state index contributed by atoms with van der Waals surface area (Å²) < 4.78 is 14.3. The third-order valence-electron chi connectivity index (χ3n) is 1.01. The minimum absolute atomic E-state index is 0.204. The number of carbonyl (C=O) groups excluding carboxylic acids is 1. The monoisotopic (exact) mass is 156 g/mol. The normalized spacial score (nSPS) is 16.2. The second-order valence-electron chi connectivity index (χ2n) is 1.84. The van der Waals surface area contributed by atoms with Crippen LogP contribution >= 0.6 is 0 Å². The van der Waals surface area contributed by atoms with Gasteiger partial charge in [-0.15, -0.1) is 0 Å². The second-order valence-corrected chi connectivity index (χ2v) is 1.84. The van der Waals surface area contributed by atoms with Gasteiger partial charge in [0, 0.05) is 6.08 Å². The van der Waals surface area contributed by atoms with Gasteiger partial charge >= 0.3 is 5.97 Å². The molecule has 0 saturated heterocycles. The molecule has 0 aromatic heterocycles. The van der Waals surface area contributed by atoms with Crippen molar-refractivity contribution in [3.63, 3.8) is 0 Å². The van der Waals surface area contributed by atoms with Crippen LogP contribution in [0.25, 0.3) is 0 Å². The van der Waals surface area contributed by atoms with E-state index in [4.69, 9.17) is 14.2 Å². The minimum atomic E-state index is -0.509. The smallest absolute Gasteiger partial charge is 0.335 e. The molecule has 60 valence electrons. The number of ether oxygens (including phenoxy) is 3. The van der Waals surface area contributed by atoms with Crippen molar-refractivity contribution in [2.24, 2.45) is 0 Å². The van der Waals surface area contributed by atoms with Crippen molar-refractivity contribution in [1.82, 2.24) is 0 Å². The zero-order valence-electron chi connectivity index (χ0n) is 5.91. The first kappa shape index (κ1) is 7.81. The SMILES string of the molecule is C=CC(=O)OC1=COCOC1. The van der Waals surface area contributed by atoms with E-state index >= 15 is 0 Å². The quantitative estimate of drug-likeness (QED) is 0.433. The number of hydrogen-bond donors (Lipinski definition) is 0. The first-order valence-corrected chi connectivity index (χ1v) is 3.05. The van der Waals surface area contributed by atoms with Gasteiger partial charge in [-0.05, 0) is 0 Å². The van der Waals surface area contributed by atoms with E-state index in [9.17, 15) is 4.79 Å². The van der Waals surface area contributed by atoms with Gasteiger partial charge in [-0.1, -0.05) is 6.58 Å². The van der Waals surface area contributed by atoms with Crippen LogP contribution in [0.4, 0.5) is 0 Å². The number of esters is 1. The molecule has 11 heavy (non-hydrogen) atoms. The van der Waals surface area contributed by atoms with E-state index in [2.05, 4.69) is 6.58 Å². The zero-order valence-corrected chi connectivity index (χ0v) is 5.91. The summed E-state index contributed by atoms with van der Waals surface area (Å²) in [6.07, 6.45) is 2.43. The van der Waals surface area contributed by atoms with Crippen molar-refractivity contribution >= 4 is 5.97 Å². The molecule has 1 aliphatic rings. The van der Waals surface area contributed by atoms with Crippen molar-refractivity contribution in [1.29, 1.82) is 0 Å². The summed E-state index contributed by atoms with van der Waals surface area (Å²) >= 11 is 0. The van der Waals surface area contributed by atoms with Gasteiger partial charge in [0.05, 0.1) is 0 Å².